The number of nitrogens with zero attached hydrogens (tertiary/aromatic N) is 3. The second-order valence-corrected chi connectivity index (χ2v) is 11.0. The smallest absolute Gasteiger partial charge is 0.548 e. The summed E-state index contributed by atoms with van der Waals surface area (Å²) < 4.78 is -0.820. The fourth-order valence-corrected chi connectivity index (χ4v) is 6.30. The van der Waals surface area contributed by atoms with Crippen LogP contribution < -0.4 is 45.3 Å². The van der Waals surface area contributed by atoms with Crippen LogP contribution in [-0.2, 0) is 24.0 Å². The van der Waals surface area contributed by atoms with Gasteiger partial charge in [-0.3, -0.25) is 24.1 Å². The predicted octanol–water partition coefficient (Wildman–Crippen LogP) is -4.57. The second kappa shape index (κ2) is 11.0. The van der Waals surface area contributed by atoms with Gasteiger partial charge in [-0.05, 0) is 26.3 Å². The van der Waals surface area contributed by atoms with Crippen molar-refractivity contribution in [3.05, 3.63) is 35.9 Å². The van der Waals surface area contributed by atoms with E-state index < -0.39 is 63.9 Å². The minimum Gasteiger partial charge on any atom is -0.548 e. The van der Waals surface area contributed by atoms with Crippen molar-refractivity contribution in [3.8, 4) is 0 Å². The van der Waals surface area contributed by atoms with Crippen molar-refractivity contribution in [1.82, 2.24) is 25.3 Å². The second-order valence-electron chi connectivity index (χ2n) is 9.20. The summed E-state index contributed by atoms with van der Waals surface area (Å²) in [4.78, 5) is 78.6. The van der Waals surface area contributed by atoms with Crippen LogP contribution in [0, 0.1) is 0 Å². The molecule has 3 aliphatic heterocycles. The molecule has 1 aromatic rings. The number of carboxylic acid groups (broad SMARTS) is 1. The van der Waals surface area contributed by atoms with E-state index in [-0.39, 0.29) is 42.6 Å². The Kier molecular flexibility index (Phi) is 8.62. The van der Waals surface area contributed by atoms with E-state index in [4.69, 9.17) is 0 Å². The maximum absolute atomic E-state index is 13.3. The van der Waals surface area contributed by atoms with Crippen LogP contribution in [0.15, 0.2) is 30.3 Å². The first-order valence-electron chi connectivity index (χ1n) is 11.5. The third kappa shape index (κ3) is 5.22. The number of fused-ring (bicyclic) bond motifs is 1. The molecule has 14 heteroatoms. The Morgan fingerprint density at radius 3 is 2.35 bits per heavy atom. The Labute approximate surface area is 239 Å². The Hall–Kier alpha value is -2.61. The first-order valence-corrected chi connectivity index (χ1v) is 12.3. The minimum absolute atomic E-state index is 0. The van der Waals surface area contributed by atoms with E-state index in [1.807, 2.05) is 0 Å². The predicted molar refractivity (Wildman–Crippen MR) is 125 cm³/mol. The SMILES string of the molecule is CCN1CCN(C(=O)N[C@@H](C(=O)NC2C(=O)N3[C@@H]2SC(C)(C)[C@@H]3C(=O)[O-])c2ccccc2)C(=O)C1=O.[Na+]. The maximum atomic E-state index is 13.3. The van der Waals surface area contributed by atoms with Crippen LogP contribution in [0.2, 0.25) is 0 Å². The Morgan fingerprint density at radius 2 is 1.76 bits per heavy atom. The van der Waals surface area contributed by atoms with Crippen molar-refractivity contribution < 1.29 is 63.4 Å². The molecule has 2 N–H and O–H groups in total. The van der Waals surface area contributed by atoms with Gasteiger partial charge < -0.3 is 30.3 Å². The standard InChI is InChI=1S/C23H27N5O7S.Na/c1-4-26-10-11-27(19(32)18(26)31)22(35)25-13(12-8-6-5-7-9-12)16(29)24-14-17(30)28-15(21(33)34)23(2,3)36-20(14)28;/h5-9,13-15,20H,4,10-11H2,1-3H3,(H,24,29)(H,25,35)(H,33,34);/q;+1/p-1/t13-,14?,15+,20-;/m1./s1. The number of urea groups is 1. The molecule has 192 valence electrons. The van der Waals surface area contributed by atoms with Crippen LogP contribution >= 0.6 is 11.8 Å². The molecular formula is C23H26N5NaO7S. The summed E-state index contributed by atoms with van der Waals surface area (Å²) in [7, 11) is 0. The van der Waals surface area contributed by atoms with Crippen molar-refractivity contribution in [1.29, 1.82) is 0 Å². The van der Waals surface area contributed by atoms with Crippen LogP contribution in [0.4, 0.5) is 4.79 Å². The molecule has 4 atom stereocenters. The number of hydrogen-bond acceptors (Lipinski definition) is 8. The van der Waals surface area contributed by atoms with Crippen LogP contribution in [0.3, 0.4) is 0 Å². The van der Waals surface area contributed by atoms with Crippen molar-refractivity contribution >= 4 is 47.4 Å². The molecule has 3 saturated heterocycles. The molecule has 3 heterocycles. The Balaban J connectivity index is 0.00000380. The fourth-order valence-electron chi connectivity index (χ4n) is 4.68. The van der Waals surface area contributed by atoms with Gasteiger partial charge in [-0.25, -0.2) is 4.79 Å². The summed E-state index contributed by atoms with van der Waals surface area (Å²) in [6, 6.07) is 3.92. The van der Waals surface area contributed by atoms with Gasteiger partial charge in [0.15, 0.2) is 0 Å². The van der Waals surface area contributed by atoms with Crippen molar-refractivity contribution in [2.75, 3.05) is 19.6 Å². The topological polar surface area (TPSA) is 159 Å². The van der Waals surface area contributed by atoms with Crippen molar-refractivity contribution in [3.63, 3.8) is 0 Å². The van der Waals surface area contributed by atoms with E-state index in [0.29, 0.717) is 12.1 Å². The van der Waals surface area contributed by atoms with Gasteiger partial charge in [-0.1, -0.05) is 30.3 Å². The quantitative estimate of drug-likeness (QED) is 0.208. The number of hydrogen-bond donors (Lipinski definition) is 2. The van der Waals surface area contributed by atoms with E-state index in [1.165, 1.54) is 21.6 Å². The average molecular weight is 540 g/mol. The number of carbonyl (C=O) groups is 6. The van der Waals surface area contributed by atoms with Gasteiger partial charge in [0, 0.05) is 24.4 Å². The van der Waals surface area contributed by atoms with E-state index in [0.717, 1.165) is 4.90 Å². The third-order valence-electron chi connectivity index (χ3n) is 6.56. The largest absolute Gasteiger partial charge is 1.00 e. The zero-order chi connectivity index (χ0) is 26.4. The zero-order valence-corrected chi connectivity index (χ0v) is 23.7. The average Bonchev–Trinajstić information content (AvgIpc) is 3.10. The first-order chi connectivity index (χ1) is 17.0. The van der Waals surface area contributed by atoms with Crippen LogP contribution in [-0.4, -0.2) is 92.2 Å². The summed E-state index contributed by atoms with van der Waals surface area (Å²) in [5.41, 5.74) is 0.393. The molecule has 3 aliphatic rings. The fraction of sp³-hybridized carbons (Fsp3) is 0.478. The van der Waals surface area contributed by atoms with Gasteiger partial charge in [-0.2, -0.15) is 0 Å². The summed E-state index contributed by atoms with van der Waals surface area (Å²) in [6.45, 7) is 5.58. The number of rotatable bonds is 6. The Bertz CT molecular complexity index is 1130. The van der Waals surface area contributed by atoms with Crippen LogP contribution in [0.5, 0.6) is 0 Å². The molecule has 6 amide bonds. The number of imide groups is 1. The zero-order valence-electron chi connectivity index (χ0n) is 20.9. The summed E-state index contributed by atoms with van der Waals surface area (Å²) in [5.74, 6) is -4.44. The number of carbonyl (C=O) groups excluding carboxylic acids is 6. The molecule has 12 nitrogen and oxygen atoms in total. The number of β-lactam (4-membered cyclic amide) rings is 1. The molecule has 4 rings (SSSR count). The van der Waals surface area contributed by atoms with E-state index in [9.17, 15) is 33.9 Å². The summed E-state index contributed by atoms with van der Waals surface area (Å²) >= 11 is 1.24. The van der Waals surface area contributed by atoms with Crippen molar-refractivity contribution in [2.24, 2.45) is 0 Å². The third-order valence-corrected chi connectivity index (χ3v) is 8.13. The van der Waals surface area contributed by atoms with E-state index in [1.54, 1.807) is 51.1 Å². The molecule has 0 bridgehead atoms. The van der Waals surface area contributed by atoms with Gasteiger partial charge in [0.25, 0.3) is 0 Å². The van der Waals surface area contributed by atoms with Gasteiger partial charge in [0.05, 0.1) is 12.0 Å². The number of likely N-dealkylation sites (N-methyl/N-ethyl adjacent to an activating group) is 1. The monoisotopic (exact) mass is 539 g/mol. The normalized spacial score (nSPS) is 25.0. The molecule has 0 aliphatic carbocycles. The first kappa shape index (κ1) is 29.0. The number of benzene rings is 1. The number of aliphatic carboxylic acids is 1. The van der Waals surface area contributed by atoms with E-state index >= 15 is 0 Å². The summed E-state index contributed by atoms with van der Waals surface area (Å²) in [5, 5.41) is 16.1. The number of thioether (sulfide) groups is 1. The maximum Gasteiger partial charge on any atom is 1.00 e. The number of nitrogens with one attached hydrogen (secondary N) is 2. The molecule has 0 saturated carbocycles. The van der Waals surface area contributed by atoms with Gasteiger partial charge in [-0.15, -0.1) is 11.8 Å². The van der Waals surface area contributed by atoms with Gasteiger partial charge in [0.1, 0.15) is 17.5 Å². The van der Waals surface area contributed by atoms with Crippen molar-refractivity contribution in [2.45, 2.75) is 49.0 Å². The van der Waals surface area contributed by atoms with Gasteiger partial charge in [0.2, 0.25) is 11.8 Å². The van der Waals surface area contributed by atoms with Gasteiger partial charge >= 0.3 is 47.4 Å². The molecule has 1 aromatic carbocycles. The molecule has 0 aromatic heterocycles. The number of carboxylic acids is 1. The van der Waals surface area contributed by atoms with Crippen LogP contribution in [0.25, 0.3) is 0 Å². The number of amides is 6. The molecule has 0 radical (unpaired) electrons. The summed E-state index contributed by atoms with van der Waals surface area (Å²) in [6.07, 6.45) is 0. The molecule has 3 fully saturated rings. The van der Waals surface area contributed by atoms with Crippen LogP contribution in [0.1, 0.15) is 32.4 Å². The minimum atomic E-state index is -1.37. The molecule has 1 unspecified atom stereocenters. The van der Waals surface area contributed by atoms with E-state index in [2.05, 4.69) is 10.6 Å². The Morgan fingerprint density at radius 1 is 1.11 bits per heavy atom. The number of piperazine rings is 1. The molecule has 37 heavy (non-hydrogen) atoms. The molecule has 0 spiro atoms. The molecular weight excluding hydrogens is 513 g/mol.